The van der Waals surface area contributed by atoms with E-state index in [1.165, 1.54) is 6.92 Å². The van der Waals surface area contributed by atoms with Crippen molar-refractivity contribution in [2.24, 2.45) is 0 Å². The van der Waals surface area contributed by atoms with Crippen LogP contribution >= 0.6 is 0 Å². The summed E-state index contributed by atoms with van der Waals surface area (Å²) in [5.74, 6) is -2.36. The van der Waals surface area contributed by atoms with E-state index in [9.17, 15) is 13.6 Å². The highest BCUT2D eigenvalue weighted by atomic mass is 19.3. The van der Waals surface area contributed by atoms with Crippen LogP contribution in [0.2, 0.25) is 0 Å². The lowest BCUT2D eigenvalue weighted by atomic mass is 10.1. The molecule has 0 amide bonds. The van der Waals surface area contributed by atoms with Gasteiger partial charge >= 0.3 is 0 Å². The van der Waals surface area contributed by atoms with Crippen LogP contribution in [-0.4, -0.2) is 18.3 Å². The molecule has 0 saturated carbocycles. The van der Waals surface area contributed by atoms with Crippen LogP contribution in [0.1, 0.15) is 30.6 Å². The first kappa shape index (κ1) is 12.6. The lowest BCUT2D eigenvalue weighted by molar-refractivity contribution is 0.000844. The van der Waals surface area contributed by atoms with E-state index in [4.69, 9.17) is 4.74 Å². The monoisotopic (exact) mass is 228 g/mol. The maximum atomic E-state index is 12.5. The van der Waals surface area contributed by atoms with Gasteiger partial charge < -0.3 is 4.74 Å². The summed E-state index contributed by atoms with van der Waals surface area (Å²) in [5.41, 5.74) is 0.515. The number of hydrogen-bond acceptors (Lipinski definition) is 2. The highest BCUT2D eigenvalue weighted by molar-refractivity contribution is 5.94. The average Bonchev–Trinajstić information content (AvgIpc) is 2.16. The number of halogens is 2. The largest absolute Gasteiger partial charge is 0.493 e. The molecular weight excluding hydrogens is 214 g/mol. The van der Waals surface area contributed by atoms with Gasteiger partial charge in [-0.3, -0.25) is 4.79 Å². The van der Waals surface area contributed by atoms with E-state index in [-0.39, 0.29) is 18.8 Å². The van der Waals surface area contributed by atoms with Gasteiger partial charge in [0, 0.05) is 12.0 Å². The van der Waals surface area contributed by atoms with Gasteiger partial charge in [0.15, 0.2) is 5.78 Å². The molecule has 0 aliphatic heterocycles. The van der Waals surface area contributed by atoms with E-state index in [2.05, 4.69) is 0 Å². The van der Waals surface area contributed by atoms with Gasteiger partial charge in [-0.1, -0.05) is 12.1 Å². The zero-order valence-corrected chi connectivity index (χ0v) is 9.30. The van der Waals surface area contributed by atoms with Crippen LogP contribution in [0.25, 0.3) is 0 Å². The molecule has 88 valence electrons. The van der Waals surface area contributed by atoms with Gasteiger partial charge in [0.1, 0.15) is 5.75 Å². The normalized spacial score (nSPS) is 11.2. The molecule has 2 nitrogen and oxygen atoms in total. The van der Waals surface area contributed by atoms with E-state index in [0.717, 1.165) is 6.92 Å². The standard InChI is InChI=1S/C12H14F2O2/c1-9(15)10-4-3-5-11(8-10)16-7-6-12(2,13)14/h3-5,8H,6-7H2,1-2H3. The zero-order chi connectivity index (χ0) is 12.2. The lowest BCUT2D eigenvalue weighted by Gasteiger charge is -2.11. The quantitative estimate of drug-likeness (QED) is 0.723. The van der Waals surface area contributed by atoms with Crippen molar-refractivity contribution in [2.45, 2.75) is 26.2 Å². The molecule has 4 heteroatoms. The lowest BCUT2D eigenvalue weighted by Crippen LogP contribution is -2.14. The summed E-state index contributed by atoms with van der Waals surface area (Å²) in [7, 11) is 0. The minimum Gasteiger partial charge on any atom is -0.493 e. The molecule has 0 unspecified atom stereocenters. The third kappa shape index (κ3) is 4.38. The highest BCUT2D eigenvalue weighted by Gasteiger charge is 2.20. The molecule has 1 rings (SSSR count). The van der Waals surface area contributed by atoms with Gasteiger partial charge in [0.25, 0.3) is 0 Å². The third-order valence-corrected chi connectivity index (χ3v) is 2.05. The topological polar surface area (TPSA) is 26.3 Å². The molecule has 0 atom stereocenters. The maximum Gasteiger partial charge on any atom is 0.248 e. The predicted molar refractivity (Wildman–Crippen MR) is 57.2 cm³/mol. The summed E-state index contributed by atoms with van der Waals surface area (Å²) in [6.07, 6.45) is -0.336. The van der Waals surface area contributed by atoms with Gasteiger partial charge in [-0.2, -0.15) is 0 Å². The number of benzene rings is 1. The summed E-state index contributed by atoms with van der Waals surface area (Å²) in [6, 6.07) is 6.51. The zero-order valence-electron chi connectivity index (χ0n) is 9.30. The van der Waals surface area contributed by atoms with E-state index >= 15 is 0 Å². The third-order valence-electron chi connectivity index (χ3n) is 2.05. The van der Waals surface area contributed by atoms with Crippen molar-refractivity contribution in [2.75, 3.05) is 6.61 Å². The minimum absolute atomic E-state index is 0.0646. The molecule has 1 aromatic rings. The summed E-state index contributed by atoms with van der Waals surface area (Å²) < 4.78 is 30.1. The summed E-state index contributed by atoms with van der Waals surface area (Å²) >= 11 is 0. The van der Waals surface area contributed by atoms with Crippen LogP contribution < -0.4 is 4.74 Å². The van der Waals surface area contributed by atoms with Gasteiger partial charge in [0.2, 0.25) is 5.92 Å². The van der Waals surface area contributed by atoms with Crippen molar-refractivity contribution in [3.63, 3.8) is 0 Å². The molecule has 0 aromatic heterocycles. The molecular formula is C12H14F2O2. The van der Waals surface area contributed by atoms with Crippen molar-refractivity contribution in [1.29, 1.82) is 0 Å². The van der Waals surface area contributed by atoms with Crippen molar-refractivity contribution >= 4 is 5.78 Å². The highest BCUT2D eigenvalue weighted by Crippen LogP contribution is 2.18. The molecule has 16 heavy (non-hydrogen) atoms. The molecule has 0 spiro atoms. The Bertz CT molecular complexity index is 370. The van der Waals surface area contributed by atoms with Crippen molar-refractivity contribution in [3.8, 4) is 5.75 Å². The van der Waals surface area contributed by atoms with E-state index in [1.54, 1.807) is 24.3 Å². The first-order chi connectivity index (χ1) is 7.38. The van der Waals surface area contributed by atoms with E-state index in [1.807, 2.05) is 0 Å². The Morgan fingerprint density at radius 1 is 1.44 bits per heavy atom. The van der Waals surface area contributed by atoms with Crippen LogP contribution in [0, 0.1) is 0 Å². The molecule has 0 bridgehead atoms. The molecule has 0 aliphatic rings. The van der Waals surface area contributed by atoms with E-state index < -0.39 is 5.92 Å². The predicted octanol–water partition coefficient (Wildman–Crippen LogP) is 3.31. The molecule has 0 saturated heterocycles. The fourth-order valence-electron chi connectivity index (χ4n) is 1.15. The van der Waals surface area contributed by atoms with Crippen molar-refractivity contribution in [1.82, 2.24) is 0 Å². The first-order valence-corrected chi connectivity index (χ1v) is 5.00. The Balaban J connectivity index is 2.55. The summed E-state index contributed by atoms with van der Waals surface area (Å²) in [4.78, 5) is 11.1. The second-order valence-corrected chi connectivity index (χ2v) is 3.75. The SMILES string of the molecule is CC(=O)c1cccc(OCCC(C)(F)F)c1. The fourth-order valence-corrected chi connectivity index (χ4v) is 1.15. The minimum atomic E-state index is -2.72. The smallest absolute Gasteiger partial charge is 0.248 e. The number of carbonyl (C=O) groups excluding carboxylic acids is 1. The van der Waals surface area contributed by atoms with Gasteiger partial charge in [-0.05, 0) is 26.0 Å². The van der Waals surface area contributed by atoms with Crippen LogP contribution in [0.3, 0.4) is 0 Å². The number of rotatable bonds is 5. The Morgan fingerprint density at radius 2 is 2.12 bits per heavy atom. The second-order valence-electron chi connectivity index (χ2n) is 3.75. The number of ketones is 1. The van der Waals surface area contributed by atoms with Crippen LogP contribution in [0.5, 0.6) is 5.75 Å². The Hall–Kier alpha value is -1.45. The Kier molecular flexibility index (Phi) is 3.99. The molecule has 0 aliphatic carbocycles. The maximum absolute atomic E-state index is 12.5. The Labute approximate surface area is 93.2 Å². The molecule has 0 heterocycles. The second kappa shape index (κ2) is 5.05. The fraction of sp³-hybridized carbons (Fsp3) is 0.417. The molecule has 0 N–H and O–H groups in total. The summed E-state index contributed by atoms with van der Waals surface area (Å²) in [5, 5.41) is 0. The number of alkyl halides is 2. The van der Waals surface area contributed by atoms with Crippen LogP contribution in [0.4, 0.5) is 8.78 Å². The summed E-state index contributed by atoms with van der Waals surface area (Å²) in [6.45, 7) is 2.23. The van der Waals surface area contributed by atoms with Crippen LogP contribution in [-0.2, 0) is 0 Å². The number of carbonyl (C=O) groups is 1. The van der Waals surface area contributed by atoms with Crippen LogP contribution in [0.15, 0.2) is 24.3 Å². The van der Waals surface area contributed by atoms with Crippen molar-refractivity contribution in [3.05, 3.63) is 29.8 Å². The number of hydrogen-bond donors (Lipinski definition) is 0. The van der Waals surface area contributed by atoms with Gasteiger partial charge in [-0.25, -0.2) is 8.78 Å². The van der Waals surface area contributed by atoms with Gasteiger partial charge in [-0.15, -0.1) is 0 Å². The van der Waals surface area contributed by atoms with Gasteiger partial charge in [0.05, 0.1) is 6.61 Å². The number of Topliss-reactive ketones (excluding diaryl/α,β-unsaturated/α-hetero) is 1. The average molecular weight is 228 g/mol. The molecule has 1 aromatic carbocycles. The molecule has 0 fully saturated rings. The number of ether oxygens (including phenoxy) is 1. The molecule has 0 radical (unpaired) electrons. The van der Waals surface area contributed by atoms with Crippen molar-refractivity contribution < 1.29 is 18.3 Å². The Morgan fingerprint density at radius 3 is 2.69 bits per heavy atom. The van der Waals surface area contributed by atoms with E-state index in [0.29, 0.717) is 11.3 Å². The first-order valence-electron chi connectivity index (χ1n) is 5.00.